The number of nitrogens with one attached hydrogen (secondary N) is 1. The van der Waals surface area contributed by atoms with Crippen molar-refractivity contribution in [2.45, 2.75) is 26.3 Å². The Bertz CT molecular complexity index is 506. The van der Waals surface area contributed by atoms with Gasteiger partial charge in [-0.1, -0.05) is 6.92 Å². The number of hydrogen-bond acceptors (Lipinski definition) is 4. The summed E-state index contributed by atoms with van der Waals surface area (Å²) < 4.78 is 1.81. The molecule has 0 bridgehead atoms. The van der Waals surface area contributed by atoms with Gasteiger partial charge in [0.05, 0.1) is 17.4 Å². The van der Waals surface area contributed by atoms with Gasteiger partial charge < -0.3 is 5.32 Å². The van der Waals surface area contributed by atoms with E-state index in [1.807, 2.05) is 37.0 Å². The van der Waals surface area contributed by atoms with Gasteiger partial charge in [0, 0.05) is 19.4 Å². The van der Waals surface area contributed by atoms with Gasteiger partial charge in [-0.25, -0.2) is 9.97 Å². The van der Waals surface area contributed by atoms with Crippen molar-refractivity contribution in [1.82, 2.24) is 25.1 Å². The van der Waals surface area contributed by atoms with Crippen molar-refractivity contribution >= 4 is 0 Å². The highest BCUT2D eigenvalue weighted by molar-refractivity contribution is 5.20. The first-order valence-corrected chi connectivity index (χ1v) is 6.23. The van der Waals surface area contributed by atoms with Gasteiger partial charge in [-0.05, 0) is 32.0 Å². The first-order valence-electron chi connectivity index (χ1n) is 6.23. The molecule has 18 heavy (non-hydrogen) atoms. The molecule has 2 aromatic heterocycles. The summed E-state index contributed by atoms with van der Waals surface area (Å²) in [4.78, 5) is 8.63. The van der Waals surface area contributed by atoms with Crippen LogP contribution in [0.25, 0.3) is 0 Å². The summed E-state index contributed by atoms with van der Waals surface area (Å²) in [5.74, 6) is 0.784. The molecule has 1 atom stereocenters. The Morgan fingerprint density at radius 1 is 1.33 bits per heavy atom. The quantitative estimate of drug-likeness (QED) is 0.869. The SMILES string of the molecule is CCCNC(c1ccnc(C)n1)c1ccn(C)n1. The van der Waals surface area contributed by atoms with Gasteiger partial charge in [-0.3, -0.25) is 4.68 Å². The molecule has 0 aliphatic rings. The monoisotopic (exact) mass is 245 g/mol. The highest BCUT2D eigenvalue weighted by atomic mass is 15.3. The highest BCUT2D eigenvalue weighted by Crippen LogP contribution is 2.18. The van der Waals surface area contributed by atoms with Crippen LogP contribution >= 0.6 is 0 Å². The van der Waals surface area contributed by atoms with Crippen molar-refractivity contribution in [3.8, 4) is 0 Å². The van der Waals surface area contributed by atoms with Crippen molar-refractivity contribution in [3.05, 3.63) is 41.7 Å². The van der Waals surface area contributed by atoms with E-state index in [1.165, 1.54) is 0 Å². The molecule has 1 unspecified atom stereocenters. The van der Waals surface area contributed by atoms with E-state index < -0.39 is 0 Å². The Morgan fingerprint density at radius 2 is 2.17 bits per heavy atom. The lowest BCUT2D eigenvalue weighted by atomic mass is 10.1. The lowest BCUT2D eigenvalue weighted by molar-refractivity contribution is 0.562. The van der Waals surface area contributed by atoms with E-state index in [0.29, 0.717) is 0 Å². The normalized spacial score (nSPS) is 12.6. The van der Waals surface area contributed by atoms with Crippen LogP contribution in [0.2, 0.25) is 0 Å². The molecule has 0 spiro atoms. The molecule has 0 aromatic carbocycles. The van der Waals surface area contributed by atoms with Crippen molar-refractivity contribution in [1.29, 1.82) is 0 Å². The Labute approximate surface area is 107 Å². The Morgan fingerprint density at radius 3 is 2.78 bits per heavy atom. The van der Waals surface area contributed by atoms with Gasteiger partial charge in [-0.15, -0.1) is 0 Å². The molecule has 5 nitrogen and oxygen atoms in total. The summed E-state index contributed by atoms with van der Waals surface area (Å²) in [6, 6.07) is 3.99. The van der Waals surface area contributed by atoms with Crippen LogP contribution in [0.15, 0.2) is 24.5 Å². The maximum absolute atomic E-state index is 4.49. The van der Waals surface area contributed by atoms with Gasteiger partial charge in [0.15, 0.2) is 0 Å². The Kier molecular flexibility index (Phi) is 4.04. The summed E-state index contributed by atoms with van der Waals surface area (Å²) in [6.07, 6.45) is 4.82. The summed E-state index contributed by atoms with van der Waals surface area (Å²) in [7, 11) is 1.92. The van der Waals surface area contributed by atoms with E-state index in [9.17, 15) is 0 Å². The molecule has 2 heterocycles. The molecular formula is C13H19N5. The van der Waals surface area contributed by atoms with E-state index in [4.69, 9.17) is 0 Å². The predicted octanol–water partition coefficient (Wildman–Crippen LogP) is 1.61. The molecule has 5 heteroatoms. The molecule has 0 saturated heterocycles. The number of hydrogen-bond donors (Lipinski definition) is 1. The molecule has 0 saturated carbocycles. The fourth-order valence-corrected chi connectivity index (χ4v) is 1.87. The lowest BCUT2D eigenvalue weighted by Gasteiger charge is -2.16. The van der Waals surface area contributed by atoms with Gasteiger partial charge in [0.25, 0.3) is 0 Å². The average Bonchev–Trinajstić information content (AvgIpc) is 2.76. The smallest absolute Gasteiger partial charge is 0.125 e. The zero-order chi connectivity index (χ0) is 13.0. The molecule has 2 aromatic rings. The molecule has 0 aliphatic carbocycles. The fraction of sp³-hybridized carbons (Fsp3) is 0.462. The van der Waals surface area contributed by atoms with E-state index in [-0.39, 0.29) is 6.04 Å². The van der Waals surface area contributed by atoms with E-state index in [0.717, 1.165) is 30.2 Å². The maximum atomic E-state index is 4.49. The van der Waals surface area contributed by atoms with Crippen molar-refractivity contribution in [2.75, 3.05) is 6.54 Å². The van der Waals surface area contributed by atoms with Crippen LogP contribution in [-0.2, 0) is 7.05 Å². The molecule has 0 radical (unpaired) electrons. The summed E-state index contributed by atoms with van der Waals surface area (Å²) >= 11 is 0. The first-order chi connectivity index (χ1) is 8.70. The molecule has 0 amide bonds. The topological polar surface area (TPSA) is 55.6 Å². The fourth-order valence-electron chi connectivity index (χ4n) is 1.87. The van der Waals surface area contributed by atoms with Gasteiger partial charge in [0.2, 0.25) is 0 Å². The minimum atomic E-state index is 0.0350. The van der Waals surface area contributed by atoms with Crippen LogP contribution < -0.4 is 5.32 Å². The standard InChI is InChI=1S/C13H19N5/c1-4-7-15-13(12-6-9-18(3)17-12)11-5-8-14-10(2)16-11/h5-6,8-9,13,15H,4,7H2,1-3H3. The Balaban J connectivity index is 2.30. The number of rotatable bonds is 5. The molecule has 96 valence electrons. The van der Waals surface area contributed by atoms with Crippen LogP contribution in [0.4, 0.5) is 0 Å². The van der Waals surface area contributed by atoms with Gasteiger partial charge in [0.1, 0.15) is 5.82 Å². The maximum Gasteiger partial charge on any atom is 0.125 e. The van der Waals surface area contributed by atoms with Crippen molar-refractivity contribution in [2.24, 2.45) is 7.05 Å². The third-order valence-corrected chi connectivity index (χ3v) is 2.72. The molecule has 0 aliphatic heterocycles. The predicted molar refractivity (Wildman–Crippen MR) is 70.1 cm³/mol. The minimum absolute atomic E-state index is 0.0350. The zero-order valence-electron chi connectivity index (χ0n) is 11.1. The summed E-state index contributed by atoms with van der Waals surface area (Å²) in [6.45, 7) is 4.98. The van der Waals surface area contributed by atoms with Gasteiger partial charge >= 0.3 is 0 Å². The third-order valence-electron chi connectivity index (χ3n) is 2.72. The molecule has 0 fully saturated rings. The van der Waals surface area contributed by atoms with Gasteiger partial charge in [-0.2, -0.15) is 5.10 Å². The van der Waals surface area contributed by atoms with Crippen LogP contribution in [0.5, 0.6) is 0 Å². The van der Waals surface area contributed by atoms with Crippen molar-refractivity contribution < 1.29 is 0 Å². The number of nitrogens with zero attached hydrogens (tertiary/aromatic N) is 4. The molecular weight excluding hydrogens is 226 g/mol. The van der Waals surface area contributed by atoms with Crippen LogP contribution in [0, 0.1) is 6.92 Å². The zero-order valence-corrected chi connectivity index (χ0v) is 11.1. The molecule has 1 N–H and O–H groups in total. The minimum Gasteiger partial charge on any atom is -0.304 e. The lowest BCUT2D eigenvalue weighted by Crippen LogP contribution is -2.25. The highest BCUT2D eigenvalue weighted by Gasteiger charge is 2.17. The van der Waals surface area contributed by atoms with E-state index in [1.54, 1.807) is 6.20 Å². The van der Waals surface area contributed by atoms with Crippen molar-refractivity contribution in [3.63, 3.8) is 0 Å². The second kappa shape index (κ2) is 5.73. The van der Waals surface area contributed by atoms with E-state index in [2.05, 4.69) is 27.3 Å². The van der Waals surface area contributed by atoms with Crippen LogP contribution in [-0.4, -0.2) is 26.3 Å². The van der Waals surface area contributed by atoms with Crippen LogP contribution in [0.1, 0.15) is 36.6 Å². The number of aryl methyl sites for hydroxylation is 2. The number of aromatic nitrogens is 4. The second-order valence-electron chi connectivity index (χ2n) is 4.33. The third kappa shape index (κ3) is 2.92. The molecule has 2 rings (SSSR count). The summed E-state index contributed by atoms with van der Waals surface area (Å²) in [5.41, 5.74) is 1.96. The average molecular weight is 245 g/mol. The second-order valence-corrected chi connectivity index (χ2v) is 4.33. The van der Waals surface area contributed by atoms with Crippen LogP contribution in [0.3, 0.4) is 0 Å². The largest absolute Gasteiger partial charge is 0.304 e. The van der Waals surface area contributed by atoms with E-state index >= 15 is 0 Å². The Hall–Kier alpha value is -1.75. The summed E-state index contributed by atoms with van der Waals surface area (Å²) in [5, 5.41) is 7.94. The first kappa shape index (κ1) is 12.7.